The summed E-state index contributed by atoms with van der Waals surface area (Å²) < 4.78 is 59.9. The summed E-state index contributed by atoms with van der Waals surface area (Å²) in [6.07, 6.45) is -0.596. The van der Waals surface area contributed by atoms with Crippen molar-refractivity contribution in [1.82, 2.24) is 0 Å². The van der Waals surface area contributed by atoms with Gasteiger partial charge in [-0.1, -0.05) is 24.6 Å². The molecule has 15 nitrogen and oxygen atoms in total. The van der Waals surface area contributed by atoms with Crippen LogP contribution in [0.1, 0.15) is 92.4 Å². The van der Waals surface area contributed by atoms with E-state index >= 15 is 0 Å². The molecule has 2 bridgehead atoms. The number of aliphatic hydroxyl groups is 3. The molecule has 19 unspecified atom stereocenters. The SMILES string of the molecule is COC1CC(OC2C(O)CC(OC3C(O)CC(OC4CCC5(C)C(=CCC6C(=O)OC7CC8C(=CCC65)C(=O)OC8(C)O7)C4)OC3C)OC2C)OC(C)C1O. The lowest BCUT2D eigenvalue weighted by atomic mass is 9.55. The molecular formula is C40H58O15. The number of methoxy groups -OCH3 is 1. The average molecular weight is 779 g/mol. The zero-order chi connectivity index (χ0) is 39.0. The maximum absolute atomic E-state index is 13.6. The van der Waals surface area contributed by atoms with Gasteiger partial charge in [0.15, 0.2) is 18.9 Å². The smallest absolute Gasteiger partial charge is 0.336 e. The first-order valence-corrected chi connectivity index (χ1v) is 20.2. The van der Waals surface area contributed by atoms with E-state index in [0.29, 0.717) is 37.7 Å². The standard InChI is InChI=1S/C40H58O15/c1-18-34(43)29(46-6)17-32(47-18)52-36-20(3)49-31(16-28(36)42)51-35-19(2)48-30(15-27(35)41)50-22-11-12-39(4)21(13-22)7-8-23-25(39)10-9-24-26-14-33(53-37(23)44)54-40(26,5)55-38(24)45/h7,9,18-20,22-23,25-36,41-43H,8,10-17H2,1-6H3. The van der Waals surface area contributed by atoms with Crippen LogP contribution in [0.2, 0.25) is 0 Å². The number of ether oxygens (including phenoxy) is 10. The topological polar surface area (TPSA) is 187 Å². The quantitative estimate of drug-likeness (QED) is 0.253. The van der Waals surface area contributed by atoms with Gasteiger partial charge in [-0.3, -0.25) is 9.53 Å². The van der Waals surface area contributed by atoms with E-state index in [1.54, 1.807) is 20.8 Å². The number of allylic oxidation sites excluding steroid dienone is 2. The first-order valence-electron chi connectivity index (χ1n) is 20.2. The van der Waals surface area contributed by atoms with Gasteiger partial charge in [0, 0.05) is 45.3 Å². The number of hydrogen-bond acceptors (Lipinski definition) is 15. The maximum atomic E-state index is 13.6. The Labute approximate surface area is 321 Å². The van der Waals surface area contributed by atoms with Crippen molar-refractivity contribution in [3.8, 4) is 0 Å². The summed E-state index contributed by atoms with van der Waals surface area (Å²) in [6.45, 7) is 9.31. The van der Waals surface area contributed by atoms with Crippen molar-refractivity contribution in [3.05, 3.63) is 23.3 Å². The van der Waals surface area contributed by atoms with E-state index in [0.717, 1.165) is 12.8 Å². The van der Waals surface area contributed by atoms with Gasteiger partial charge in [-0.15, -0.1) is 0 Å². The molecule has 3 N–H and O–H groups in total. The van der Waals surface area contributed by atoms with Crippen LogP contribution in [-0.2, 0) is 57.0 Å². The molecule has 0 aromatic carbocycles. The Morgan fingerprint density at radius 1 is 0.800 bits per heavy atom. The van der Waals surface area contributed by atoms with Crippen molar-refractivity contribution in [2.24, 2.45) is 23.2 Å². The highest BCUT2D eigenvalue weighted by molar-refractivity contribution is 5.92. The van der Waals surface area contributed by atoms with E-state index in [9.17, 15) is 24.9 Å². The van der Waals surface area contributed by atoms with Gasteiger partial charge in [0.2, 0.25) is 12.1 Å². The second-order valence-corrected chi connectivity index (χ2v) is 17.3. The van der Waals surface area contributed by atoms with E-state index in [1.165, 1.54) is 12.7 Å². The van der Waals surface area contributed by atoms with Crippen LogP contribution in [-0.4, -0.2) is 126 Å². The van der Waals surface area contributed by atoms with Crippen LogP contribution in [0.15, 0.2) is 23.3 Å². The van der Waals surface area contributed by atoms with Gasteiger partial charge in [-0.05, 0) is 64.2 Å². The van der Waals surface area contributed by atoms with E-state index in [4.69, 9.17) is 47.4 Å². The predicted molar refractivity (Wildman–Crippen MR) is 188 cm³/mol. The van der Waals surface area contributed by atoms with Crippen molar-refractivity contribution >= 4 is 11.9 Å². The summed E-state index contributed by atoms with van der Waals surface area (Å²) in [5.41, 5.74) is 1.54. The Hall–Kier alpha value is -2.02. The third-order valence-electron chi connectivity index (χ3n) is 13.8. The Morgan fingerprint density at radius 3 is 2.09 bits per heavy atom. The fourth-order valence-electron chi connectivity index (χ4n) is 10.6. The molecule has 2 aliphatic carbocycles. The van der Waals surface area contributed by atoms with Crippen LogP contribution in [0.25, 0.3) is 0 Å². The second-order valence-electron chi connectivity index (χ2n) is 17.3. The van der Waals surface area contributed by atoms with Crippen molar-refractivity contribution in [3.63, 3.8) is 0 Å². The second kappa shape index (κ2) is 15.3. The van der Waals surface area contributed by atoms with Gasteiger partial charge in [0.25, 0.3) is 0 Å². The number of fused-ring (bicyclic) bond motifs is 4. The molecule has 5 saturated heterocycles. The van der Waals surface area contributed by atoms with Gasteiger partial charge in [-0.25, -0.2) is 4.79 Å². The fraction of sp³-hybridized carbons (Fsp3) is 0.850. The van der Waals surface area contributed by atoms with E-state index in [-0.39, 0.29) is 54.1 Å². The predicted octanol–water partition coefficient (Wildman–Crippen LogP) is 2.91. The first kappa shape index (κ1) is 39.8. The summed E-state index contributed by atoms with van der Waals surface area (Å²) >= 11 is 0. The van der Waals surface area contributed by atoms with Crippen LogP contribution < -0.4 is 0 Å². The molecule has 0 radical (unpaired) electrons. The van der Waals surface area contributed by atoms with Gasteiger partial charge < -0.3 is 58.0 Å². The van der Waals surface area contributed by atoms with Crippen LogP contribution in [0.3, 0.4) is 0 Å². The lowest BCUT2D eigenvalue weighted by Gasteiger charge is -2.50. The number of esters is 2. The van der Waals surface area contributed by atoms with E-state index < -0.39 is 85.9 Å². The lowest BCUT2D eigenvalue weighted by molar-refractivity contribution is -0.336. The third-order valence-corrected chi connectivity index (χ3v) is 13.8. The van der Waals surface area contributed by atoms with E-state index in [1.807, 2.05) is 13.0 Å². The zero-order valence-electron chi connectivity index (χ0n) is 32.6. The Bertz CT molecular complexity index is 1490. The number of hydrogen-bond donors (Lipinski definition) is 3. The number of carbonyl (C=O) groups excluding carboxylic acids is 2. The summed E-state index contributed by atoms with van der Waals surface area (Å²) in [7, 11) is 1.53. The monoisotopic (exact) mass is 778 g/mol. The molecule has 308 valence electrons. The number of carbonyl (C=O) groups is 2. The zero-order valence-corrected chi connectivity index (χ0v) is 32.6. The highest BCUT2D eigenvalue weighted by Crippen LogP contribution is 2.56. The molecule has 8 aliphatic rings. The van der Waals surface area contributed by atoms with Crippen LogP contribution in [0, 0.1) is 23.2 Å². The lowest BCUT2D eigenvalue weighted by Crippen LogP contribution is -2.56. The minimum Gasteiger partial charge on any atom is -0.435 e. The molecule has 0 spiro atoms. The van der Waals surface area contributed by atoms with Crippen molar-refractivity contribution in [2.45, 2.75) is 184 Å². The molecule has 1 saturated carbocycles. The fourth-order valence-corrected chi connectivity index (χ4v) is 10.6. The Kier molecular flexibility index (Phi) is 11.1. The molecule has 19 atom stereocenters. The molecule has 8 rings (SSSR count). The summed E-state index contributed by atoms with van der Waals surface area (Å²) in [4.78, 5) is 26.4. The van der Waals surface area contributed by atoms with Gasteiger partial charge in [0.05, 0.1) is 54.6 Å². The molecule has 15 heteroatoms. The molecule has 6 heterocycles. The minimum atomic E-state index is -1.11. The van der Waals surface area contributed by atoms with Crippen molar-refractivity contribution < 1.29 is 72.3 Å². The summed E-state index contributed by atoms with van der Waals surface area (Å²) in [6, 6.07) is 0. The maximum Gasteiger partial charge on any atom is 0.336 e. The summed E-state index contributed by atoms with van der Waals surface area (Å²) in [5.74, 6) is -2.43. The van der Waals surface area contributed by atoms with Gasteiger partial charge in [-0.2, -0.15) is 0 Å². The molecule has 0 aromatic heterocycles. The highest BCUT2D eigenvalue weighted by Gasteiger charge is 2.59. The minimum absolute atomic E-state index is 0.0669. The highest BCUT2D eigenvalue weighted by atomic mass is 16.8. The van der Waals surface area contributed by atoms with Gasteiger partial charge >= 0.3 is 11.9 Å². The molecule has 0 aromatic rings. The first-order chi connectivity index (χ1) is 26.1. The van der Waals surface area contributed by atoms with E-state index in [2.05, 4.69) is 13.0 Å². The van der Waals surface area contributed by atoms with Crippen LogP contribution in [0.4, 0.5) is 0 Å². The Balaban J connectivity index is 0.851. The van der Waals surface area contributed by atoms with Crippen molar-refractivity contribution in [2.75, 3.05) is 7.11 Å². The molecular weight excluding hydrogens is 720 g/mol. The summed E-state index contributed by atoms with van der Waals surface area (Å²) in [5, 5.41) is 32.6. The normalized spacial score (nSPS) is 51.3. The molecule has 6 aliphatic heterocycles. The third kappa shape index (κ3) is 7.45. The largest absolute Gasteiger partial charge is 0.435 e. The molecule has 6 fully saturated rings. The molecule has 55 heavy (non-hydrogen) atoms. The van der Waals surface area contributed by atoms with Crippen LogP contribution >= 0.6 is 0 Å². The molecule has 0 amide bonds. The Morgan fingerprint density at radius 2 is 1.44 bits per heavy atom. The van der Waals surface area contributed by atoms with Gasteiger partial charge in [0.1, 0.15) is 18.3 Å². The number of rotatable bonds is 7. The van der Waals surface area contributed by atoms with Crippen molar-refractivity contribution in [1.29, 1.82) is 0 Å². The number of aliphatic hydroxyl groups excluding tert-OH is 3. The van der Waals surface area contributed by atoms with Crippen LogP contribution in [0.5, 0.6) is 0 Å². The average Bonchev–Trinajstić information content (AvgIpc) is 3.55.